The summed E-state index contributed by atoms with van der Waals surface area (Å²) in [5.74, 6) is -0.872. The first kappa shape index (κ1) is 23.1. The predicted molar refractivity (Wildman–Crippen MR) is 119 cm³/mol. The molecule has 0 bridgehead atoms. The lowest BCUT2D eigenvalue weighted by atomic mass is 9.91. The normalized spacial score (nSPS) is 14.1. The number of nitrogens with zero attached hydrogens (tertiary/aromatic N) is 3. The second kappa shape index (κ2) is 11.7. The van der Waals surface area contributed by atoms with Crippen LogP contribution in [0.3, 0.4) is 0 Å². The number of carboxylic acid groups (broad SMARTS) is 1. The van der Waals surface area contributed by atoms with Crippen LogP contribution < -0.4 is 10.5 Å². The highest BCUT2D eigenvalue weighted by molar-refractivity contribution is 5.68. The van der Waals surface area contributed by atoms with Crippen LogP contribution in [0.5, 0.6) is 6.01 Å². The number of hydrogen-bond acceptors (Lipinski definition) is 6. The van der Waals surface area contributed by atoms with Crippen molar-refractivity contribution in [1.82, 2.24) is 15.0 Å². The molecule has 0 aliphatic heterocycles. The van der Waals surface area contributed by atoms with Crippen molar-refractivity contribution >= 4 is 5.97 Å². The molecule has 1 aliphatic carbocycles. The zero-order valence-electron chi connectivity index (χ0n) is 18.5. The molecule has 0 saturated heterocycles. The highest BCUT2D eigenvalue weighted by Crippen LogP contribution is 2.27. The summed E-state index contributed by atoms with van der Waals surface area (Å²) in [7, 11) is 1.51. The number of methoxy groups -OCH3 is 1. The van der Waals surface area contributed by atoms with Crippen molar-refractivity contribution in [2.75, 3.05) is 7.11 Å². The molecule has 0 spiro atoms. The second-order valence-corrected chi connectivity index (χ2v) is 8.36. The van der Waals surface area contributed by atoms with E-state index in [9.17, 15) is 9.90 Å². The Hall–Kier alpha value is -2.54. The molecule has 7 heteroatoms. The van der Waals surface area contributed by atoms with E-state index in [-0.39, 0.29) is 12.3 Å². The molecule has 0 radical (unpaired) electrons. The topological polar surface area (TPSA) is 111 Å². The quantitative estimate of drug-likeness (QED) is 0.494. The van der Waals surface area contributed by atoms with E-state index in [0.717, 1.165) is 56.9 Å². The Kier molecular flexibility index (Phi) is 8.76. The van der Waals surface area contributed by atoms with Crippen LogP contribution in [-0.2, 0) is 30.6 Å². The maximum atomic E-state index is 11.3. The third-order valence-electron chi connectivity index (χ3n) is 6.13. The van der Waals surface area contributed by atoms with Crippen LogP contribution in [0.25, 0.3) is 0 Å². The van der Waals surface area contributed by atoms with E-state index in [2.05, 4.69) is 16.0 Å². The number of aliphatic carboxylic acids is 1. The van der Waals surface area contributed by atoms with Crippen molar-refractivity contribution in [2.24, 2.45) is 5.73 Å². The Labute approximate surface area is 184 Å². The number of unbranched alkanes of at least 4 members (excludes halogenated alkanes) is 3. The van der Waals surface area contributed by atoms with Gasteiger partial charge in [0.05, 0.1) is 13.5 Å². The van der Waals surface area contributed by atoms with E-state index in [1.807, 2.05) is 0 Å². The van der Waals surface area contributed by atoms with Crippen molar-refractivity contribution in [1.29, 1.82) is 0 Å². The molecule has 0 amide bonds. The van der Waals surface area contributed by atoms with Crippen LogP contribution in [0.4, 0.5) is 0 Å². The van der Waals surface area contributed by atoms with Gasteiger partial charge < -0.3 is 15.6 Å². The molecule has 3 rings (SSSR count). The molecule has 7 nitrogen and oxygen atoms in total. The first-order chi connectivity index (χ1) is 15.1. The number of rotatable bonds is 12. The third-order valence-corrected chi connectivity index (χ3v) is 6.13. The molecule has 2 heterocycles. The highest BCUT2D eigenvalue weighted by Gasteiger charge is 2.17. The van der Waals surface area contributed by atoms with Gasteiger partial charge in [-0.05, 0) is 67.6 Å². The number of hydrogen-bond donors (Lipinski definition) is 2. The van der Waals surface area contributed by atoms with E-state index >= 15 is 0 Å². The first-order valence-corrected chi connectivity index (χ1v) is 11.4. The van der Waals surface area contributed by atoms with Crippen molar-refractivity contribution < 1.29 is 14.6 Å². The summed E-state index contributed by atoms with van der Waals surface area (Å²) >= 11 is 0. The molecule has 2 aromatic rings. The largest absolute Gasteiger partial charge is 0.481 e. The van der Waals surface area contributed by atoms with Gasteiger partial charge in [0.25, 0.3) is 0 Å². The fourth-order valence-corrected chi connectivity index (χ4v) is 4.39. The van der Waals surface area contributed by atoms with Crippen LogP contribution in [0, 0.1) is 0 Å². The molecule has 0 aromatic carbocycles. The minimum Gasteiger partial charge on any atom is -0.481 e. The first-order valence-electron chi connectivity index (χ1n) is 11.4. The van der Waals surface area contributed by atoms with Gasteiger partial charge in [0.1, 0.15) is 0 Å². The van der Waals surface area contributed by atoms with Gasteiger partial charge >= 0.3 is 12.0 Å². The number of carbonyl (C=O) groups is 1. The number of aryl methyl sites for hydroxylation is 3. The summed E-state index contributed by atoms with van der Waals surface area (Å²) in [5, 5.41) is 9.26. The zero-order valence-corrected chi connectivity index (χ0v) is 18.5. The van der Waals surface area contributed by atoms with Crippen molar-refractivity contribution in [2.45, 2.75) is 83.1 Å². The van der Waals surface area contributed by atoms with Gasteiger partial charge in [-0.2, -0.15) is 0 Å². The van der Waals surface area contributed by atoms with Crippen molar-refractivity contribution in [3.8, 4) is 6.01 Å². The number of fused-ring (bicyclic) bond motifs is 1. The van der Waals surface area contributed by atoms with Gasteiger partial charge in [0.15, 0.2) is 0 Å². The van der Waals surface area contributed by atoms with Crippen molar-refractivity contribution in [3.05, 3.63) is 46.5 Å². The smallest absolute Gasteiger partial charge is 0.316 e. The maximum absolute atomic E-state index is 11.3. The number of aromatic nitrogens is 3. The van der Waals surface area contributed by atoms with E-state index in [0.29, 0.717) is 12.6 Å². The van der Waals surface area contributed by atoms with E-state index in [1.165, 1.54) is 42.5 Å². The fraction of sp³-hybridized carbons (Fsp3) is 0.583. The van der Waals surface area contributed by atoms with Crippen molar-refractivity contribution in [3.63, 3.8) is 0 Å². The monoisotopic (exact) mass is 426 g/mol. The Morgan fingerprint density at radius 3 is 2.61 bits per heavy atom. The molecule has 3 N–H and O–H groups in total. The molecule has 0 saturated carbocycles. The van der Waals surface area contributed by atoms with Crippen LogP contribution in [0.15, 0.2) is 18.5 Å². The van der Waals surface area contributed by atoms with Crippen LogP contribution in [0.1, 0.15) is 85.4 Å². The lowest BCUT2D eigenvalue weighted by molar-refractivity contribution is -0.137. The van der Waals surface area contributed by atoms with Gasteiger partial charge in [-0.25, -0.2) is 9.97 Å². The zero-order chi connectivity index (χ0) is 22.1. The highest BCUT2D eigenvalue weighted by atomic mass is 16.5. The molecule has 2 aromatic heterocycles. The molecule has 0 unspecified atom stereocenters. The summed E-state index contributed by atoms with van der Waals surface area (Å²) in [6.45, 7) is 0.552. The van der Waals surface area contributed by atoms with Crippen LogP contribution in [-0.4, -0.2) is 33.1 Å². The Morgan fingerprint density at radius 1 is 1.16 bits per heavy atom. The average Bonchev–Trinajstić information content (AvgIpc) is 2.79. The van der Waals surface area contributed by atoms with Gasteiger partial charge in [-0.15, -0.1) is 0 Å². The lowest BCUT2D eigenvalue weighted by Crippen LogP contribution is -2.12. The summed E-state index contributed by atoms with van der Waals surface area (Å²) < 4.78 is 4.99. The van der Waals surface area contributed by atoms with Gasteiger partial charge in [-0.1, -0.05) is 25.3 Å². The van der Waals surface area contributed by atoms with Crippen LogP contribution >= 0.6 is 0 Å². The van der Waals surface area contributed by atoms with E-state index in [4.69, 9.17) is 15.5 Å². The maximum Gasteiger partial charge on any atom is 0.316 e. The van der Waals surface area contributed by atoms with E-state index < -0.39 is 5.97 Å². The standard InChI is InChI=1S/C24H34N4O3/c1-31-24-26-15-20(16-27-24)17(13-23(29)30)8-4-2-3-5-10-22-19(14-25)12-18-9-6-7-11-21(18)28-22/h12,15-17H,2-11,13-14,25H2,1H3,(H,29,30)/t17-/m0/s1. The molecule has 31 heavy (non-hydrogen) atoms. The van der Waals surface area contributed by atoms with Gasteiger partial charge in [0.2, 0.25) is 0 Å². The predicted octanol–water partition coefficient (Wildman–Crippen LogP) is 3.97. The van der Waals surface area contributed by atoms with Crippen LogP contribution in [0.2, 0.25) is 0 Å². The summed E-state index contributed by atoms with van der Waals surface area (Å²) in [5.41, 5.74) is 11.9. The SMILES string of the molecule is COc1ncc([C@@H](CCCCCCc2nc3c(cc2CN)CCCC3)CC(=O)O)cn1. The minimum atomic E-state index is -0.798. The number of pyridine rings is 1. The average molecular weight is 427 g/mol. The summed E-state index contributed by atoms with van der Waals surface area (Å²) in [4.78, 5) is 24.5. The van der Waals surface area contributed by atoms with Gasteiger partial charge in [0, 0.05) is 30.3 Å². The molecule has 168 valence electrons. The molecule has 1 atom stereocenters. The Balaban J connectivity index is 1.46. The minimum absolute atomic E-state index is 0.0745. The summed E-state index contributed by atoms with van der Waals surface area (Å²) in [6, 6.07) is 2.58. The molecule has 0 fully saturated rings. The Morgan fingerprint density at radius 2 is 1.90 bits per heavy atom. The number of ether oxygens (including phenoxy) is 1. The number of carboxylic acids is 1. The Bertz CT molecular complexity index is 855. The lowest BCUT2D eigenvalue weighted by Gasteiger charge is -2.18. The molecule has 1 aliphatic rings. The fourth-order valence-electron chi connectivity index (χ4n) is 4.39. The third kappa shape index (κ3) is 6.72. The second-order valence-electron chi connectivity index (χ2n) is 8.36. The molecular formula is C24H34N4O3. The number of nitrogens with two attached hydrogens (primary N) is 1. The summed E-state index contributed by atoms with van der Waals surface area (Å²) in [6.07, 6.45) is 14.1. The molecular weight excluding hydrogens is 392 g/mol. The van der Waals surface area contributed by atoms with E-state index in [1.54, 1.807) is 12.4 Å². The van der Waals surface area contributed by atoms with Gasteiger partial charge in [-0.3, -0.25) is 9.78 Å².